The van der Waals surface area contributed by atoms with E-state index in [0.717, 1.165) is 44.9 Å². The first-order valence-corrected chi connectivity index (χ1v) is 14.4. The van der Waals surface area contributed by atoms with Gasteiger partial charge in [-0.25, -0.2) is 5.43 Å². The van der Waals surface area contributed by atoms with Crippen molar-refractivity contribution in [3.8, 4) is 0 Å². The second-order valence-electron chi connectivity index (χ2n) is 7.87. The molecule has 0 aromatic rings. The molecule has 13 heteroatoms. The lowest BCUT2D eigenvalue weighted by Gasteiger charge is -2.15. The predicted molar refractivity (Wildman–Crippen MR) is 118 cm³/mol. The molecule has 0 aliphatic heterocycles. The summed E-state index contributed by atoms with van der Waals surface area (Å²) in [7, 11) is -8.14. The molecule has 0 rings (SSSR count). The first-order valence-electron chi connectivity index (χ1n) is 10.8. The van der Waals surface area contributed by atoms with Crippen LogP contribution in [0.5, 0.6) is 0 Å². The Morgan fingerprint density at radius 3 is 1.94 bits per heavy atom. The summed E-state index contributed by atoms with van der Waals surface area (Å²) in [5.74, 6) is 5.48. The van der Waals surface area contributed by atoms with Crippen LogP contribution < -0.4 is 11.3 Å². The molecule has 0 aromatic carbocycles. The van der Waals surface area contributed by atoms with Crippen molar-refractivity contribution in [3.63, 3.8) is 0 Å². The molecule has 0 radical (unpaired) electrons. The molecule has 186 valence electrons. The number of Topliss-reactive ketones (excluding diaryl/α,β-unsaturated/α-hetero) is 1. The molecule has 0 amide bonds. The van der Waals surface area contributed by atoms with Crippen LogP contribution in [0.4, 0.5) is 0 Å². The number of ketones is 1. The molecule has 0 saturated heterocycles. The summed E-state index contributed by atoms with van der Waals surface area (Å²) in [6.45, 7) is 0.0707. The molecule has 8 N–H and O–H groups in total. The highest BCUT2D eigenvalue weighted by atomic mass is 31.2. The van der Waals surface area contributed by atoms with E-state index in [1.54, 1.807) is 0 Å². The third-order valence-corrected chi connectivity index (χ3v) is 6.55. The zero-order valence-corrected chi connectivity index (χ0v) is 19.9. The van der Waals surface area contributed by atoms with Crippen LogP contribution in [0.25, 0.3) is 0 Å². The van der Waals surface area contributed by atoms with Crippen molar-refractivity contribution in [2.24, 2.45) is 5.84 Å². The Bertz CT molecular complexity index is 568. The Kier molecular flexibility index (Phi) is 17.2. The maximum atomic E-state index is 12.2. The van der Waals surface area contributed by atoms with E-state index < -0.39 is 33.5 Å². The summed E-state index contributed by atoms with van der Waals surface area (Å²) >= 11 is 0. The van der Waals surface area contributed by atoms with Crippen LogP contribution >= 0.6 is 15.2 Å². The number of ether oxygens (including phenoxy) is 1. The minimum absolute atomic E-state index is 0.0291. The van der Waals surface area contributed by atoms with Gasteiger partial charge in [-0.1, -0.05) is 38.5 Å². The van der Waals surface area contributed by atoms with Gasteiger partial charge in [-0.3, -0.25) is 19.8 Å². The van der Waals surface area contributed by atoms with Crippen LogP contribution in [-0.2, 0) is 18.7 Å². The molecule has 0 bridgehead atoms. The summed E-state index contributed by atoms with van der Waals surface area (Å²) in [6.07, 6.45) is 6.60. The van der Waals surface area contributed by atoms with E-state index in [0.29, 0.717) is 25.7 Å². The highest BCUT2D eigenvalue weighted by Crippen LogP contribution is 2.35. The van der Waals surface area contributed by atoms with E-state index in [2.05, 4.69) is 5.43 Å². The molecule has 0 aliphatic carbocycles. The van der Waals surface area contributed by atoms with E-state index in [4.69, 9.17) is 30.2 Å². The van der Waals surface area contributed by atoms with E-state index in [1.165, 1.54) is 0 Å². The Morgan fingerprint density at radius 1 is 0.871 bits per heavy atom. The van der Waals surface area contributed by atoms with E-state index in [-0.39, 0.29) is 25.2 Å². The van der Waals surface area contributed by atoms with E-state index >= 15 is 0 Å². The van der Waals surface area contributed by atoms with Crippen molar-refractivity contribution in [3.05, 3.63) is 0 Å². The van der Waals surface area contributed by atoms with Crippen molar-refractivity contribution in [2.75, 3.05) is 25.5 Å². The van der Waals surface area contributed by atoms with Crippen molar-refractivity contribution >= 4 is 21.0 Å². The fourth-order valence-corrected chi connectivity index (χ4v) is 4.42. The van der Waals surface area contributed by atoms with Crippen LogP contribution in [0.15, 0.2) is 0 Å². The van der Waals surface area contributed by atoms with Crippen molar-refractivity contribution in [2.45, 2.75) is 82.8 Å². The fourth-order valence-electron chi connectivity index (χ4n) is 3.13. The molecule has 2 atom stereocenters. The first kappa shape index (κ1) is 30.8. The van der Waals surface area contributed by atoms with E-state index in [1.807, 2.05) is 0 Å². The lowest BCUT2D eigenvalue weighted by atomic mass is 10.0. The molecule has 0 saturated carbocycles. The molecule has 0 aliphatic rings. The second kappa shape index (κ2) is 17.3. The van der Waals surface area contributed by atoms with Gasteiger partial charge in [-0.2, -0.15) is 0 Å². The first-order chi connectivity index (χ1) is 14.4. The summed E-state index contributed by atoms with van der Waals surface area (Å²) < 4.78 is 26.7. The number of nitrogens with one attached hydrogen (secondary N) is 1. The predicted octanol–water partition coefficient (Wildman–Crippen LogP) is 1.41. The van der Waals surface area contributed by atoms with Gasteiger partial charge < -0.3 is 29.4 Å². The molecule has 0 aromatic heterocycles. The van der Waals surface area contributed by atoms with Gasteiger partial charge in [0, 0.05) is 19.2 Å². The van der Waals surface area contributed by atoms with Crippen LogP contribution in [0.3, 0.4) is 0 Å². The molecule has 2 unspecified atom stereocenters. The largest absolute Gasteiger partial charge is 0.390 e. The zero-order valence-electron chi connectivity index (χ0n) is 18.1. The molecule has 0 spiro atoms. The van der Waals surface area contributed by atoms with Gasteiger partial charge >= 0.3 is 15.2 Å². The van der Waals surface area contributed by atoms with Crippen molar-refractivity contribution in [1.82, 2.24) is 5.43 Å². The Balaban J connectivity index is 3.68. The highest BCUT2D eigenvalue weighted by Gasteiger charge is 2.20. The van der Waals surface area contributed by atoms with Gasteiger partial charge in [-0.05, 0) is 25.7 Å². The minimum Gasteiger partial charge on any atom is -0.390 e. The summed E-state index contributed by atoms with van der Waals surface area (Å²) in [6, 6.07) is -0.474. The SMILES string of the molecule is NNC(CCCOCC(O)CP(=O)(O)O)C(=O)CCCCCCCCCCP(=O)(O)O. The van der Waals surface area contributed by atoms with Gasteiger partial charge in [0.05, 0.1) is 24.9 Å². The maximum Gasteiger partial charge on any atom is 0.328 e. The van der Waals surface area contributed by atoms with E-state index in [9.17, 15) is 19.0 Å². The minimum atomic E-state index is -4.27. The Morgan fingerprint density at radius 2 is 1.42 bits per heavy atom. The van der Waals surface area contributed by atoms with Crippen LogP contribution in [0, 0.1) is 0 Å². The number of hydrogen-bond donors (Lipinski definition) is 7. The smallest absolute Gasteiger partial charge is 0.328 e. The maximum absolute atomic E-state index is 12.2. The van der Waals surface area contributed by atoms with Crippen LogP contribution in [0.2, 0.25) is 0 Å². The van der Waals surface area contributed by atoms with Crippen molar-refractivity contribution in [1.29, 1.82) is 0 Å². The van der Waals surface area contributed by atoms with Crippen LogP contribution in [0.1, 0.15) is 70.6 Å². The average molecular weight is 490 g/mol. The van der Waals surface area contributed by atoms with Crippen molar-refractivity contribution < 1.29 is 43.3 Å². The third kappa shape index (κ3) is 21.4. The van der Waals surface area contributed by atoms with Gasteiger partial charge in [0.15, 0.2) is 5.78 Å². The Hall–Kier alpha value is -0.190. The third-order valence-electron chi connectivity index (χ3n) is 4.75. The monoisotopic (exact) mass is 490 g/mol. The standard InChI is InChI=1S/C18H40N2O9P2/c19-20-17(10-9-12-29-14-16(21)15-31(26,27)28)18(22)11-7-5-3-1-2-4-6-8-13-30(23,24)25/h16-17,20-21H,1-15,19H2,(H2,23,24,25)(H2,26,27,28). The molecular formula is C18H40N2O9P2. The topological polar surface area (TPSA) is 200 Å². The number of hydrogen-bond acceptors (Lipinski definition) is 7. The zero-order chi connectivity index (χ0) is 23.8. The summed E-state index contributed by atoms with van der Waals surface area (Å²) in [5, 5.41) is 9.44. The van der Waals surface area contributed by atoms with Gasteiger partial charge in [0.2, 0.25) is 0 Å². The molecule has 11 nitrogen and oxygen atoms in total. The van der Waals surface area contributed by atoms with Gasteiger partial charge in [0.1, 0.15) is 0 Å². The Labute approximate surface area is 184 Å². The number of rotatable bonds is 21. The van der Waals surface area contributed by atoms with Crippen LogP contribution in [-0.4, -0.2) is 68.1 Å². The molecular weight excluding hydrogens is 450 g/mol. The molecule has 0 heterocycles. The normalized spacial score (nSPS) is 14.5. The quantitative estimate of drug-likeness (QED) is 0.0531. The lowest BCUT2D eigenvalue weighted by Crippen LogP contribution is -2.41. The number of hydrazine groups is 1. The number of carbonyl (C=O) groups excluding carboxylic acids is 1. The number of carbonyl (C=O) groups is 1. The number of aliphatic hydroxyl groups is 1. The number of aliphatic hydroxyl groups excluding tert-OH is 1. The molecule has 31 heavy (non-hydrogen) atoms. The van der Waals surface area contributed by atoms with Gasteiger partial charge in [0.25, 0.3) is 0 Å². The highest BCUT2D eigenvalue weighted by molar-refractivity contribution is 7.52. The average Bonchev–Trinajstić information content (AvgIpc) is 2.63. The fraction of sp³-hybridized carbons (Fsp3) is 0.944. The summed E-state index contributed by atoms with van der Waals surface area (Å²) in [4.78, 5) is 47.3. The molecule has 0 fully saturated rings. The number of unbranched alkanes of at least 4 members (excludes halogenated alkanes) is 7. The lowest BCUT2D eigenvalue weighted by molar-refractivity contribution is -0.121. The second-order valence-corrected chi connectivity index (χ2v) is 11.3. The van der Waals surface area contributed by atoms with Gasteiger partial charge in [-0.15, -0.1) is 0 Å². The number of nitrogens with two attached hydrogens (primary N) is 1. The summed E-state index contributed by atoms with van der Waals surface area (Å²) in [5.41, 5.74) is 2.51.